The number of hydrazine groups is 2. The Balaban J connectivity index is 0.000000181. The largest absolute Gasteiger partial charge is 0.369 e. The Bertz CT molecular complexity index is 3010. The summed E-state index contributed by atoms with van der Waals surface area (Å²) in [5.41, 5.74) is 21.9. The average Bonchev–Trinajstić information content (AvgIpc) is 4.44. The zero-order valence-corrected chi connectivity index (χ0v) is 59.9. The van der Waals surface area contributed by atoms with Crippen molar-refractivity contribution in [3.8, 4) is 0 Å². The fraction of sp³-hybridized carbons (Fsp3) is 0.644. The number of amides is 1. The zero-order chi connectivity index (χ0) is 61.9. The van der Waals surface area contributed by atoms with Gasteiger partial charge < -0.3 is 58.4 Å². The maximum absolute atomic E-state index is 11.9. The van der Waals surface area contributed by atoms with Gasteiger partial charge in [-0.15, -0.1) is 0 Å². The van der Waals surface area contributed by atoms with E-state index in [-0.39, 0.29) is 48.5 Å². The molecule has 0 radical (unpaired) electrons. The first-order chi connectivity index (χ1) is 39.5. The fourth-order valence-electron chi connectivity index (χ4n) is 12.7. The summed E-state index contributed by atoms with van der Waals surface area (Å²) in [5.74, 6) is -0.303. The van der Waals surface area contributed by atoms with E-state index in [2.05, 4.69) is 149 Å². The lowest BCUT2D eigenvalue weighted by Gasteiger charge is -2.46. The number of nitrogens with two attached hydrogens (primary N) is 2. The van der Waals surface area contributed by atoms with E-state index in [1.54, 1.807) is 0 Å². The molecule has 470 valence electrons. The third kappa shape index (κ3) is 16.5. The number of rotatable bonds is 20. The first-order valence-corrected chi connectivity index (χ1v) is 41.1. The van der Waals surface area contributed by atoms with Crippen molar-refractivity contribution in [3.63, 3.8) is 0 Å². The summed E-state index contributed by atoms with van der Waals surface area (Å²) in [6, 6.07) is 31.3. The van der Waals surface area contributed by atoms with Crippen LogP contribution in [-0.4, -0.2) is 159 Å². The number of benzene rings is 3. The number of hydrogen-bond acceptors (Lipinski definition) is 24. The molecule has 13 nitrogen and oxygen atoms in total. The van der Waals surface area contributed by atoms with Gasteiger partial charge in [0.05, 0.1) is 12.1 Å². The lowest BCUT2D eigenvalue weighted by molar-refractivity contribution is -0.127. The van der Waals surface area contributed by atoms with Crippen molar-refractivity contribution in [1.29, 1.82) is 0 Å². The number of primary amides is 1. The molecule has 6 aliphatic heterocycles. The number of carbonyl (C=O) groups excluding carboxylic acids is 3. The Morgan fingerprint density at radius 2 is 0.881 bits per heavy atom. The van der Waals surface area contributed by atoms with E-state index in [1.807, 2.05) is 38.1 Å². The van der Waals surface area contributed by atoms with Gasteiger partial charge in [0, 0.05) is 77.4 Å². The van der Waals surface area contributed by atoms with Crippen molar-refractivity contribution in [2.24, 2.45) is 33.1 Å². The summed E-state index contributed by atoms with van der Waals surface area (Å²) in [6.07, 6.45) is 6.14. The highest BCUT2D eigenvalue weighted by Gasteiger charge is 2.52. The van der Waals surface area contributed by atoms with Gasteiger partial charge in [0.2, 0.25) is 5.91 Å². The number of nitrogens with one attached hydrogen (secondary N) is 3. The van der Waals surface area contributed by atoms with Crippen molar-refractivity contribution >= 4 is 140 Å². The Hall–Kier alpha value is -0.730. The maximum atomic E-state index is 11.9. The second-order valence-electron chi connectivity index (χ2n) is 25.7. The molecule has 6 aliphatic rings. The smallest absolute Gasteiger partial charge is 0.223 e. The van der Waals surface area contributed by atoms with E-state index < -0.39 is 42.2 Å². The minimum atomic E-state index is -0.701. The highest BCUT2D eigenvalue weighted by atomic mass is 33.1. The Labute approximate surface area is 547 Å². The molecule has 84 heavy (non-hydrogen) atoms. The number of nitrogens with zero attached hydrogens (tertiary/aromatic N) is 5. The van der Waals surface area contributed by atoms with E-state index in [4.69, 9.17) is 101 Å². The van der Waals surface area contributed by atoms with Gasteiger partial charge in [-0.1, -0.05) is 165 Å². The number of carbonyl (C=O) groups is 3. The van der Waals surface area contributed by atoms with Gasteiger partial charge in [0.15, 0.2) is 0 Å². The van der Waals surface area contributed by atoms with Crippen molar-refractivity contribution in [3.05, 3.63) is 108 Å². The minimum absolute atomic E-state index is 0.00284. The van der Waals surface area contributed by atoms with Crippen LogP contribution in [0.1, 0.15) is 97.8 Å². The van der Waals surface area contributed by atoms with Crippen LogP contribution in [0.25, 0.3) is 0 Å². The summed E-state index contributed by atoms with van der Waals surface area (Å²) in [5, 5.41) is 7.60. The van der Waals surface area contributed by atoms with E-state index in [1.165, 1.54) is 16.7 Å². The van der Waals surface area contributed by atoms with E-state index >= 15 is 0 Å². The lowest BCUT2D eigenvalue weighted by atomic mass is 9.79. The molecule has 1 amide bonds. The van der Waals surface area contributed by atoms with Gasteiger partial charge in [0.25, 0.3) is 0 Å². The normalized spacial score (nSPS) is 33.9. The summed E-state index contributed by atoms with van der Waals surface area (Å²) in [6.45, 7) is 31.1. The molecule has 3 aromatic rings. The molecule has 0 spiro atoms. The molecule has 3 aromatic carbocycles. The van der Waals surface area contributed by atoms with E-state index in [0.29, 0.717) is 13.1 Å². The van der Waals surface area contributed by atoms with Crippen molar-refractivity contribution < 1.29 is 14.4 Å². The maximum Gasteiger partial charge on any atom is 0.223 e. The van der Waals surface area contributed by atoms with Crippen LogP contribution in [0.15, 0.2) is 91.0 Å². The Kier molecular flexibility index (Phi) is 26.7. The van der Waals surface area contributed by atoms with Gasteiger partial charge in [-0.3, -0.25) is 120 Å². The molecule has 0 aromatic heterocycles. The van der Waals surface area contributed by atoms with E-state index in [9.17, 15) is 14.4 Å². The molecule has 9 rings (SSSR count). The summed E-state index contributed by atoms with van der Waals surface area (Å²) >= 11 is 43.6. The number of aldehydes is 2. The first kappa shape index (κ1) is 72.3. The van der Waals surface area contributed by atoms with Crippen molar-refractivity contribution in [2.45, 2.75) is 132 Å². The number of hydrogen-bond donors (Lipinski definition) is 5. The van der Waals surface area contributed by atoms with Crippen LogP contribution in [-0.2, 0) is 156 Å². The predicted molar refractivity (Wildman–Crippen MR) is 378 cm³/mol. The molecule has 6 heterocycles. The van der Waals surface area contributed by atoms with Crippen LogP contribution in [0.2, 0.25) is 0 Å². The molecule has 0 aliphatic carbocycles. The van der Waals surface area contributed by atoms with Crippen LogP contribution in [0, 0.1) is 21.7 Å². The molecule has 0 saturated carbocycles. The molecule has 8 unspecified atom stereocenters. The Morgan fingerprint density at radius 3 is 1.23 bits per heavy atom. The quantitative estimate of drug-likeness (QED) is 0.0752. The van der Waals surface area contributed by atoms with Crippen LogP contribution in [0.4, 0.5) is 0 Å². The average molecular weight is 1370 g/mol. The van der Waals surface area contributed by atoms with Gasteiger partial charge in [-0.25, -0.2) is 10.0 Å². The van der Waals surface area contributed by atoms with Crippen LogP contribution in [0.3, 0.4) is 0 Å². The summed E-state index contributed by atoms with van der Waals surface area (Å²) in [7, 11) is -2.15. The lowest BCUT2D eigenvalue weighted by Crippen LogP contribution is -2.54. The standard InChI is InChI=1S/C19H28N3OS3.C14H19N2OS3.C14H21N2S3.C12H22N3OS3/c1-18(13-20-22-10-6-9-17(22)12-23)14-21(15-19(18,2)26(24)25)11-16-7-4-3-5-8-16;1-13(12(15)17)9-16(10-14(13,2)20(18)19)8-11-6-4-3-5-7-11;1-13(9-15)10-16(11-14(13,2)19(17)18)8-12-6-4-3-5-7-12;1-11(7-13-9-12(11,2)19(17)18)8-14-15-5-3-4-10(15)6-16/h3-5,7-8,12,17,20H,6,9-11,13-15H2,1-2H3;3-7H,8-10H2,1-2H3,(H2,15,17);3-7H,8-11,15H2,1-2H3;6,10,13-14H,3-5,7-9H2,1-2H3/q4*-1/t17-,18?,19?;;;10-,11?,12?/m0..0/s1. The third-order valence-electron chi connectivity index (χ3n) is 19.7. The Morgan fingerprint density at radius 1 is 0.524 bits per heavy atom. The monoisotopic (exact) mass is 1370 g/mol. The molecule has 0 bridgehead atoms. The first-order valence-electron chi connectivity index (χ1n) is 28.8. The second kappa shape index (κ2) is 31.1. The predicted octanol–water partition coefficient (Wildman–Crippen LogP) is 5.10. The second-order valence-corrected chi connectivity index (χ2v) is 41.7. The molecule has 25 heteroatoms. The fourth-order valence-corrected chi connectivity index (χ4v) is 22.0. The van der Waals surface area contributed by atoms with Crippen LogP contribution in [0.5, 0.6) is 0 Å². The molecule has 7 N–H and O–H groups in total. The van der Waals surface area contributed by atoms with Crippen molar-refractivity contribution in [2.75, 3.05) is 85.1 Å². The highest BCUT2D eigenvalue weighted by molar-refractivity contribution is 8.48. The summed E-state index contributed by atoms with van der Waals surface area (Å²) < 4.78 is -0.601. The van der Waals surface area contributed by atoms with Gasteiger partial charge in [-0.2, -0.15) is 0 Å². The van der Waals surface area contributed by atoms with Crippen LogP contribution >= 0.6 is 0 Å². The van der Waals surface area contributed by atoms with Gasteiger partial charge in [0.1, 0.15) is 12.6 Å². The molecule has 10 atom stereocenters. The minimum Gasteiger partial charge on any atom is -0.369 e. The van der Waals surface area contributed by atoms with E-state index in [0.717, 1.165) is 130 Å². The molecule has 6 fully saturated rings. The molecular formula is C59H90N10O3S12-4. The third-order valence-corrected chi connectivity index (χ3v) is 33.9. The van der Waals surface area contributed by atoms with Gasteiger partial charge in [-0.05, 0) is 91.3 Å². The highest BCUT2D eigenvalue weighted by Crippen LogP contribution is 2.45. The van der Waals surface area contributed by atoms with Crippen LogP contribution < -0.4 is 27.6 Å². The topological polar surface area (TPSA) is 156 Å². The molecular weight excluding hydrogens is 1280 g/mol. The zero-order valence-electron chi connectivity index (χ0n) is 50.1. The van der Waals surface area contributed by atoms with Crippen molar-refractivity contribution in [1.82, 2.24) is 40.9 Å². The van der Waals surface area contributed by atoms with Gasteiger partial charge >= 0.3 is 0 Å². The number of likely N-dealkylation sites (tertiary alicyclic amines) is 3. The summed E-state index contributed by atoms with van der Waals surface area (Å²) in [4.78, 5) is 41.4. The SMILES string of the molecule is CC1(C(N)=O)CN(Cc2ccccc2)CC1(C)[S-](=S)=S.CC1(CN)CN(Cc2ccccc2)CC1(C)[S-](=S)=S.CC1(CNN2CCC[C@H]2C=O)CN(Cc2ccccc2)CC1(C)[S-](=S)=S.CC1(CNN2CCC[C@H]2C=O)CNCC1(C)[S-](=S)=S. The molecule has 6 saturated heterocycles.